The minimum Gasteiger partial charge on any atom is -0.497 e. The van der Waals surface area contributed by atoms with Crippen LogP contribution in [0.15, 0.2) is 89.4 Å². The van der Waals surface area contributed by atoms with Crippen molar-refractivity contribution in [2.45, 2.75) is 162 Å². The van der Waals surface area contributed by atoms with Gasteiger partial charge in [0.1, 0.15) is 17.3 Å². The summed E-state index contributed by atoms with van der Waals surface area (Å²) in [6.07, 6.45) is 25.4. The molecular weight excluding hydrogens is 841 g/mol. The number of aryl methyl sites for hydroxylation is 2. The summed E-state index contributed by atoms with van der Waals surface area (Å²) in [6, 6.07) is 29.2. The van der Waals surface area contributed by atoms with E-state index in [0.717, 1.165) is 82.7 Å². The number of rotatable bonds is 11. The Bertz CT molecular complexity index is 1970. The van der Waals surface area contributed by atoms with E-state index in [2.05, 4.69) is 104 Å². The van der Waals surface area contributed by atoms with Crippen LogP contribution in [-0.2, 0) is 10.4 Å². The van der Waals surface area contributed by atoms with Crippen molar-refractivity contribution in [2.75, 3.05) is 14.2 Å². The summed E-state index contributed by atoms with van der Waals surface area (Å²) in [7, 11) is 3.37. The Morgan fingerprint density at radius 3 is 1.35 bits per heavy atom. The lowest BCUT2D eigenvalue weighted by Gasteiger charge is -2.42. The van der Waals surface area contributed by atoms with Crippen molar-refractivity contribution in [1.29, 1.82) is 0 Å². The van der Waals surface area contributed by atoms with E-state index in [1.165, 1.54) is 136 Å². The Kier molecular flexibility index (Phi) is 18.8. The zero-order chi connectivity index (χ0) is 44.8. The number of aliphatic hydroxyl groups is 1. The Morgan fingerprint density at radius 2 is 0.937 bits per heavy atom. The maximum Gasteiger partial charge on any atom is 0.132 e. The third-order valence-corrected chi connectivity index (χ3v) is 16.6. The largest absolute Gasteiger partial charge is 0.497 e. The standard InChI is InChI=1S/C29H40O2.C15H26O.C14H13BrO/c1-4-5-22-6-8-23(9-7-22)25-16-18-29(30,19-17-25)28-15-12-26(20-21(28)2)24-10-13-27(31-3)14-11-24;1-2-3-12-4-6-13(7-5-12)14-8-10-15(16)11-9-14;1-10-9-12(5-8-14(10)15)11-3-6-13(16-2)7-4-11/h10-15,20,22-23,25,30H,4-9,16-19H2,1-3H3;12-14H,2-11H2,1H3;3-9H,1-2H3. The van der Waals surface area contributed by atoms with Crippen LogP contribution in [0.3, 0.4) is 0 Å². The van der Waals surface area contributed by atoms with E-state index >= 15 is 0 Å². The Morgan fingerprint density at radius 1 is 0.540 bits per heavy atom. The molecule has 0 aliphatic heterocycles. The third kappa shape index (κ3) is 13.8. The van der Waals surface area contributed by atoms with Gasteiger partial charge in [-0.1, -0.05) is 136 Å². The zero-order valence-corrected chi connectivity index (χ0v) is 41.3. The highest BCUT2D eigenvalue weighted by Gasteiger charge is 2.39. The van der Waals surface area contributed by atoms with E-state index in [0.29, 0.717) is 5.78 Å². The molecule has 0 unspecified atom stereocenters. The molecular formula is C58H79BrO4. The van der Waals surface area contributed by atoms with Gasteiger partial charge in [0, 0.05) is 17.3 Å². The normalized spacial score (nSPS) is 25.2. The van der Waals surface area contributed by atoms with Crippen LogP contribution >= 0.6 is 15.9 Å². The predicted octanol–water partition coefficient (Wildman–Crippen LogP) is 16.4. The Labute approximate surface area is 390 Å². The van der Waals surface area contributed by atoms with Crippen LogP contribution in [-0.4, -0.2) is 25.1 Å². The molecule has 4 aromatic carbocycles. The first-order valence-corrected chi connectivity index (χ1v) is 25.7. The fourth-order valence-electron chi connectivity index (χ4n) is 11.8. The summed E-state index contributed by atoms with van der Waals surface area (Å²) < 4.78 is 11.6. The van der Waals surface area contributed by atoms with Crippen molar-refractivity contribution in [3.8, 4) is 33.8 Å². The van der Waals surface area contributed by atoms with Crippen LogP contribution in [0.2, 0.25) is 0 Å². The molecule has 0 saturated heterocycles. The molecule has 63 heavy (non-hydrogen) atoms. The molecule has 4 fully saturated rings. The second-order valence-electron chi connectivity index (χ2n) is 19.8. The van der Waals surface area contributed by atoms with Gasteiger partial charge < -0.3 is 14.6 Å². The van der Waals surface area contributed by atoms with Gasteiger partial charge in [-0.2, -0.15) is 0 Å². The topological polar surface area (TPSA) is 55.8 Å². The molecule has 4 saturated carbocycles. The summed E-state index contributed by atoms with van der Waals surface area (Å²) in [4.78, 5) is 11.2. The van der Waals surface area contributed by atoms with Crippen LogP contribution in [0.1, 0.15) is 159 Å². The molecule has 4 aromatic rings. The van der Waals surface area contributed by atoms with Gasteiger partial charge in [-0.3, -0.25) is 4.79 Å². The Hall–Kier alpha value is -3.41. The molecule has 5 heteroatoms. The molecule has 4 nitrogen and oxygen atoms in total. The quantitative estimate of drug-likeness (QED) is 0.163. The van der Waals surface area contributed by atoms with Gasteiger partial charge in [-0.25, -0.2) is 0 Å². The molecule has 1 N–H and O–H groups in total. The van der Waals surface area contributed by atoms with Crippen molar-refractivity contribution in [1.82, 2.24) is 0 Å². The van der Waals surface area contributed by atoms with Crippen LogP contribution in [0.5, 0.6) is 11.5 Å². The molecule has 0 heterocycles. The van der Waals surface area contributed by atoms with Crippen LogP contribution in [0.25, 0.3) is 22.3 Å². The molecule has 0 spiro atoms. The SMILES string of the molecule is CCCC1CCC(C2CCC(=O)CC2)CC1.CCCC1CCC(C2CCC(O)(c3ccc(-c4ccc(OC)cc4)cc3C)CC2)CC1.COc1ccc(-c2ccc(Br)c(C)c2)cc1. The molecule has 8 rings (SSSR count). The van der Waals surface area contributed by atoms with Gasteiger partial charge in [0.25, 0.3) is 0 Å². The summed E-state index contributed by atoms with van der Waals surface area (Å²) in [6.45, 7) is 8.87. The number of hydrogen-bond donors (Lipinski definition) is 1. The minimum absolute atomic E-state index is 0.510. The zero-order valence-electron chi connectivity index (χ0n) is 39.7. The van der Waals surface area contributed by atoms with Gasteiger partial charge in [-0.05, 0) is 183 Å². The number of halogens is 1. The van der Waals surface area contributed by atoms with Gasteiger partial charge in [-0.15, -0.1) is 0 Å². The lowest BCUT2D eigenvalue weighted by atomic mass is 9.66. The van der Waals surface area contributed by atoms with E-state index in [4.69, 9.17) is 9.47 Å². The lowest BCUT2D eigenvalue weighted by molar-refractivity contribution is -0.121. The number of carbonyl (C=O) groups excluding carboxylic acids is 1. The second kappa shape index (κ2) is 24.2. The maximum atomic E-state index is 11.6. The van der Waals surface area contributed by atoms with Gasteiger partial charge in [0.2, 0.25) is 0 Å². The molecule has 0 bridgehead atoms. The highest BCUT2D eigenvalue weighted by atomic mass is 79.9. The molecule has 0 radical (unpaired) electrons. The number of ether oxygens (including phenoxy) is 2. The highest BCUT2D eigenvalue weighted by Crippen LogP contribution is 2.47. The fraction of sp³-hybridized carbons (Fsp3) is 0.569. The van der Waals surface area contributed by atoms with E-state index in [1.807, 2.05) is 24.3 Å². The Balaban J connectivity index is 0.000000173. The third-order valence-electron chi connectivity index (χ3n) is 15.7. The van der Waals surface area contributed by atoms with Gasteiger partial charge >= 0.3 is 0 Å². The minimum atomic E-state index is -0.654. The number of methoxy groups -OCH3 is 2. The fourth-order valence-corrected chi connectivity index (χ4v) is 12.0. The summed E-state index contributed by atoms with van der Waals surface area (Å²) in [5.41, 5.74) is 7.74. The van der Waals surface area contributed by atoms with Crippen molar-refractivity contribution in [2.24, 2.45) is 35.5 Å². The molecule has 0 atom stereocenters. The number of hydrogen-bond acceptors (Lipinski definition) is 4. The first-order valence-electron chi connectivity index (χ1n) is 24.9. The monoisotopic (exact) mass is 919 g/mol. The van der Waals surface area contributed by atoms with Crippen LogP contribution in [0, 0.1) is 49.4 Å². The van der Waals surface area contributed by atoms with Crippen molar-refractivity contribution < 1.29 is 19.4 Å². The molecule has 0 amide bonds. The smallest absolute Gasteiger partial charge is 0.132 e. The number of Topliss-reactive ketones (excluding diaryl/α,β-unsaturated/α-hetero) is 1. The van der Waals surface area contributed by atoms with Gasteiger partial charge in [0.15, 0.2) is 0 Å². The lowest BCUT2D eigenvalue weighted by Crippen LogP contribution is -2.35. The first-order chi connectivity index (χ1) is 30.5. The van der Waals surface area contributed by atoms with Crippen LogP contribution in [0.4, 0.5) is 0 Å². The number of ketones is 1. The number of carbonyl (C=O) groups is 1. The van der Waals surface area contributed by atoms with E-state index in [1.54, 1.807) is 14.2 Å². The first kappa shape index (κ1) is 49.0. The maximum absolute atomic E-state index is 11.6. The molecule has 342 valence electrons. The average Bonchev–Trinajstić information content (AvgIpc) is 3.32. The second-order valence-corrected chi connectivity index (χ2v) is 20.7. The van der Waals surface area contributed by atoms with E-state index < -0.39 is 5.60 Å². The summed E-state index contributed by atoms with van der Waals surface area (Å²) in [5.74, 6) is 7.84. The van der Waals surface area contributed by atoms with Crippen LogP contribution < -0.4 is 9.47 Å². The summed E-state index contributed by atoms with van der Waals surface area (Å²) in [5, 5.41) is 11.6. The highest BCUT2D eigenvalue weighted by molar-refractivity contribution is 9.10. The number of benzene rings is 4. The molecule has 4 aliphatic rings. The summed E-state index contributed by atoms with van der Waals surface area (Å²) >= 11 is 3.50. The van der Waals surface area contributed by atoms with Crippen molar-refractivity contribution in [3.05, 3.63) is 106 Å². The average molecular weight is 920 g/mol. The van der Waals surface area contributed by atoms with Crippen molar-refractivity contribution >= 4 is 21.7 Å². The molecule has 4 aliphatic carbocycles. The van der Waals surface area contributed by atoms with E-state index in [9.17, 15) is 9.90 Å². The molecule has 0 aromatic heterocycles. The van der Waals surface area contributed by atoms with Gasteiger partial charge in [0.05, 0.1) is 19.8 Å². The predicted molar refractivity (Wildman–Crippen MR) is 268 cm³/mol. The van der Waals surface area contributed by atoms with E-state index in [-0.39, 0.29) is 0 Å². The van der Waals surface area contributed by atoms with Crippen molar-refractivity contribution in [3.63, 3.8) is 0 Å².